The zero-order chi connectivity index (χ0) is 15.5. The number of benzene rings is 2. The lowest BCUT2D eigenvalue weighted by Gasteiger charge is -2.10. The molecule has 1 heterocycles. The molecule has 0 aliphatic carbocycles. The highest BCUT2D eigenvalue weighted by Gasteiger charge is 2.17. The van der Waals surface area contributed by atoms with Crippen LogP contribution in [0.25, 0.3) is 10.2 Å². The summed E-state index contributed by atoms with van der Waals surface area (Å²) >= 11 is 7.94. The van der Waals surface area contributed by atoms with Crippen LogP contribution >= 0.6 is 22.9 Å². The molecule has 3 rings (SSSR count). The quantitative estimate of drug-likeness (QED) is 0.741. The Morgan fingerprint density at radius 3 is 2.68 bits per heavy atom. The average Bonchev–Trinajstić information content (AvgIpc) is 3.00. The lowest BCUT2D eigenvalue weighted by atomic mass is 10.2. The van der Waals surface area contributed by atoms with E-state index in [0.717, 1.165) is 20.9 Å². The summed E-state index contributed by atoms with van der Waals surface area (Å²) in [6, 6.07) is 11.7. The Bertz CT molecular complexity index is 790. The Morgan fingerprint density at radius 2 is 2.00 bits per heavy atom. The molecule has 0 bridgehead atoms. The van der Waals surface area contributed by atoms with Crippen LogP contribution in [0.3, 0.4) is 0 Å². The normalized spacial score (nSPS) is 10.7. The highest BCUT2D eigenvalue weighted by Crippen LogP contribution is 2.43. The van der Waals surface area contributed by atoms with Gasteiger partial charge >= 0.3 is 0 Å². The van der Waals surface area contributed by atoms with Crippen molar-refractivity contribution in [2.24, 2.45) is 0 Å². The molecule has 0 amide bonds. The lowest BCUT2D eigenvalue weighted by molar-refractivity contribution is 0.304. The number of anilines is 1. The number of thiazole rings is 1. The van der Waals surface area contributed by atoms with Gasteiger partial charge < -0.3 is 14.8 Å². The third-order valence-electron chi connectivity index (χ3n) is 3.21. The molecule has 0 atom stereocenters. The largest absolute Gasteiger partial charge is 0.494 e. The van der Waals surface area contributed by atoms with Crippen LogP contribution < -0.4 is 14.8 Å². The number of aromatic nitrogens is 1. The van der Waals surface area contributed by atoms with E-state index < -0.39 is 0 Å². The molecule has 0 fully saturated rings. The number of methoxy groups -OCH3 is 1. The monoisotopic (exact) mass is 334 g/mol. The van der Waals surface area contributed by atoms with Gasteiger partial charge in [-0.2, -0.15) is 0 Å². The van der Waals surface area contributed by atoms with Crippen molar-refractivity contribution in [2.45, 2.75) is 6.61 Å². The van der Waals surface area contributed by atoms with Crippen molar-refractivity contribution < 1.29 is 9.47 Å². The van der Waals surface area contributed by atoms with E-state index in [1.165, 1.54) is 11.3 Å². The predicted octanol–water partition coefficient (Wildman–Crippen LogP) is 4.58. The minimum atomic E-state index is 0.451. The number of ether oxygens (including phenoxy) is 2. The predicted molar refractivity (Wildman–Crippen MR) is 91.5 cm³/mol. The Balaban J connectivity index is 1.97. The van der Waals surface area contributed by atoms with Crippen molar-refractivity contribution in [1.29, 1.82) is 0 Å². The van der Waals surface area contributed by atoms with Gasteiger partial charge in [0.05, 0.1) is 11.8 Å². The second kappa shape index (κ2) is 6.42. The third kappa shape index (κ3) is 2.82. The molecule has 0 saturated carbocycles. The van der Waals surface area contributed by atoms with E-state index in [0.29, 0.717) is 23.1 Å². The Hall–Kier alpha value is -1.98. The van der Waals surface area contributed by atoms with Gasteiger partial charge in [-0.3, -0.25) is 0 Å². The second-order valence-corrected chi connectivity index (χ2v) is 5.99. The van der Waals surface area contributed by atoms with Crippen LogP contribution in [0.4, 0.5) is 5.13 Å². The van der Waals surface area contributed by atoms with Gasteiger partial charge in [-0.25, -0.2) is 4.98 Å². The van der Waals surface area contributed by atoms with Crippen LogP contribution in [-0.4, -0.2) is 19.1 Å². The van der Waals surface area contributed by atoms with Gasteiger partial charge in [0.1, 0.15) is 28.6 Å². The lowest BCUT2D eigenvalue weighted by Crippen LogP contribution is -1.96. The molecule has 6 heteroatoms. The SMILES string of the molecule is CNc1nc2c(OC)cc(OCc3ccccc3)c(Cl)c2s1. The average molecular weight is 335 g/mol. The van der Waals surface area contributed by atoms with Gasteiger partial charge in [0, 0.05) is 13.1 Å². The molecule has 2 aromatic carbocycles. The van der Waals surface area contributed by atoms with E-state index in [-0.39, 0.29) is 0 Å². The van der Waals surface area contributed by atoms with Crippen LogP contribution in [0.5, 0.6) is 11.5 Å². The molecule has 0 aliphatic heterocycles. The number of rotatable bonds is 5. The van der Waals surface area contributed by atoms with Gasteiger partial charge in [0.2, 0.25) is 0 Å². The summed E-state index contributed by atoms with van der Waals surface area (Å²) in [7, 11) is 3.44. The molecule has 0 saturated heterocycles. The van der Waals surface area contributed by atoms with Crippen molar-refractivity contribution >= 4 is 38.3 Å². The number of hydrogen-bond acceptors (Lipinski definition) is 5. The molecule has 0 unspecified atom stereocenters. The molecule has 4 nitrogen and oxygen atoms in total. The summed E-state index contributed by atoms with van der Waals surface area (Å²) in [5, 5.41) is 4.37. The summed E-state index contributed by atoms with van der Waals surface area (Å²) < 4.78 is 12.1. The number of hydrogen-bond donors (Lipinski definition) is 1. The molecule has 0 aliphatic rings. The highest BCUT2D eigenvalue weighted by atomic mass is 35.5. The summed E-state index contributed by atoms with van der Waals surface area (Å²) in [4.78, 5) is 4.46. The van der Waals surface area contributed by atoms with Crippen LogP contribution in [0, 0.1) is 0 Å². The maximum absolute atomic E-state index is 6.47. The molecule has 1 aromatic heterocycles. The smallest absolute Gasteiger partial charge is 0.183 e. The van der Waals surface area contributed by atoms with Crippen LogP contribution in [0.15, 0.2) is 36.4 Å². The maximum Gasteiger partial charge on any atom is 0.183 e. The summed E-state index contributed by atoms with van der Waals surface area (Å²) in [6.45, 7) is 0.451. The molecule has 1 N–H and O–H groups in total. The molecule has 0 radical (unpaired) electrons. The fourth-order valence-electron chi connectivity index (χ4n) is 2.10. The van der Waals surface area contributed by atoms with E-state index in [2.05, 4.69) is 10.3 Å². The molecule has 114 valence electrons. The topological polar surface area (TPSA) is 43.4 Å². The van der Waals surface area contributed by atoms with Gasteiger partial charge in [0.15, 0.2) is 5.13 Å². The number of fused-ring (bicyclic) bond motifs is 1. The van der Waals surface area contributed by atoms with Gasteiger partial charge in [0.25, 0.3) is 0 Å². The molecular formula is C16H15ClN2O2S. The maximum atomic E-state index is 6.47. The first-order chi connectivity index (χ1) is 10.7. The standard InChI is InChI=1S/C16H15ClN2O2S/c1-18-16-19-14-12(20-2)8-11(13(17)15(14)22-16)21-9-10-6-4-3-5-7-10/h3-8H,9H2,1-2H3,(H,18,19). The number of nitrogens with zero attached hydrogens (tertiary/aromatic N) is 1. The molecule has 0 spiro atoms. The fourth-order valence-corrected chi connectivity index (χ4v) is 3.28. The van der Waals surface area contributed by atoms with Gasteiger partial charge in [-0.15, -0.1) is 0 Å². The first-order valence-electron chi connectivity index (χ1n) is 6.74. The number of halogens is 1. The van der Waals surface area contributed by atoms with Crippen molar-refractivity contribution in [3.8, 4) is 11.5 Å². The van der Waals surface area contributed by atoms with E-state index in [9.17, 15) is 0 Å². The second-order valence-electron chi connectivity index (χ2n) is 4.61. The van der Waals surface area contributed by atoms with Crippen molar-refractivity contribution in [2.75, 3.05) is 19.5 Å². The van der Waals surface area contributed by atoms with E-state index >= 15 is 0 Å². The summed E-state index contributed by atoms with van der Waals surface area (Å²) in [5.74, 6) is 1.25. The zero-order valence-corrected chi connectivity index (χ0v) is 13.8. The number of nitrogens with one attached hydrogen (secondary N) is 1. The minimum Gasteiger partial charge on any atom is -0.494 e. The van der Waals surface area contributed by atoms with Crippen molar-refractivity contribution in [1.82, 2.24) is 4.98 Å². The Kier molecular flexibility index (Phi) is 4.36. The first-order valence-corrected chi connectivity index (χ1v) is 7.94. The zero-order valence-electron chi connectivity index (χ0n) is 12.2. The van der Waals surface area contributed by atoms with E-state index in [1.807, 2.05) is 37.4 Å². The molecular weight excluding hydrogens is 320 g/mol. The van der Waals surface area contributed by atoms with E-state index in [4.69, 9.17) is 21.1 Å². The third-order valence-corrected chi connectivity index (χ3v) is 4.79. The van der Waals surface area contributed by atoms with Crippen LogP contribution in [0.1, 0.15) is 5.56 Å². The minimum absolute atomic E-state index is 0.451. The van der Waals surface area contributed by atoms with Crippen LogP contribution in [0.2, 0.25) is 5.02 Å². The molecule has 3 aromatic rings. The Labute approximate surface area is 137 Å². The first kappa shape index (κ1) is 14.9. The highest BCUT2D eigenvalue weighted by molar-refractivity contribution is 7.22. The van der Waals surface area contributed by atoms with E-state index in [1.54, 1.807) is 13.2 Å². The van der Waals surface area contributed by atoms with Gasteiger partial charge in [-0.05, 0) is 5.56 Å². The Morgan fingerprint density at radius 1 is 1.23 bits per heavy atom. The van der Waals surface area contributed by atoms with Crippen LogP contribution in [-0.2, 0) is 6.61 Å². The van der Waals surface area contributed by atoms with Crippen molar-refractivity contribution in [3.05, 3.63) is 47.0 Å². The van der Waals surface area contributed by atoms with Crippen molar-refractivity contribution in [3.63, 3.8) is 0 Å². The molecule has 22 heavy (non-hydrogen) atoms. The summed E-state index contributed by atoms with van der Waals surface area (Å²) in [6.07, 6.45) is 0. The van der Waals surface area contributed by atoms with Gasteiger partial charge in [-0.1, -0.05) is 53.3 Å². The summed E-state index contributed by atoms with van der Waals surface area (Å²) in [5.41, 5.74) is 1.83. The fraction of sp³-hybridized carbons (Fsp3) is 0.188.